The van der Waals surface area contributed by atoms with Crippen LogP contribution in [0.4, 0.5) is 0 Å². The summed E-state index contributed by atoms with van der Waals surface area (Å²) in [4.78, 5) is 39.8. The summed E-state index contributed by atoms with van der Waals surface area (Å²) in [5.41, 5.74) is -0.449. The second-order valence-electron chi connectivity index (χ2n) is 7.15. The van der Waals surface area contributed by atoms with Gasteiger partial charge in [0.2, 0.25) is 5.91 Å². The second-order valence-corrected chi connectivity index (χ2v) is 7.15. The molecule has 3 rings (SSSR count). The minimum absolute atomic E-state index is 0.0449. The van der Waals surface area contributed by atoms with Crippen LogP contribution in [0.1, 0.15) is 44.9 Å². The Balaban J connectivity index is 1.66. The van der Waals surface area contributed by atoms with Gasteiger partial charge < -0.3 is 19.8 Å². The highest BCUT2D eigenvalue weighted by Gasteiger charge is 2.17. The number of carbonyl (C=O) groups excluding carboxylic acids is 1. The monoisotopic (exact) mass is 389 g/mol. The fourth-order valence-electron chi connectivity index (χ4n) is 3.71. The van der Waals surface area contributed by atoms with E-state index in [1.54, 1.807) is 12.1 Å². The number of H-pyrrole nitrogens is 1. The first-order chi connectivity index (χ1) is 13.5. The molecule has 152 valence electrons. The van der Waals surface area contributed by atoms with E-state index in [1.807, 2.05) is 0 Å². The maximum Gasteiger partial charge on any atom is 0.328 e. The minimum Gasteiger partial charge on any atom is -0.493 e. The lowest BCUT2D eigenvalue weighted by Crippen LogP contribution is -2.35. The summed E-state index contributed by atoms with van der Waals surface area (Å²) >= 11 is 0. The largest absolute Gasteiger partial charge is 0.493 e. The Morgan fingerprint density at radius 1 is 1.14 bits per heavy atom. The lowest BCUT2D eigenvalue weighted by molar-refractivity contribution is -0.121. The number of aromatic nitrogens is 2. The molecule has 0 bridgehead atoms. The number of aromatic amines is 1. The zero-order valence-corrected chi connectivity index (χ0v) is 16.4. The Morgan fingerprint density at radius 3 is 2.50 bits per heavy atom. The average molecular weight is 389 g/mol. The van der Waals surface area contributed by atoms with Gasteiger partial charge in [0.1, 0.15) is 0 Å². The normalized spacial score (nSPS) is 14.4. The van der Waals surface area contributed by atoms with Crippen LogP contribution in [-0.2, 0) is 11.3 Å². The molecule has 1 aromatic carbocycles. The average Bonchev–Trinajstić information content (AvgIpc) is 3.19. The van der Waals surface area contributed by atoms with Crippen molar-refractivity contribution in [2.75, 3.05) is 14.2 Å². The molecule has 1 fully saturated rings. The molecule has 0 aliphatic heterocycles. The van der Waals surface area contributed by atoms with Crippen LogP contribution in [0.3, 0.4) is 0 Å². The molecule has 2 N–H and O–H groups in total. The number of methoxy groups -OCH3 is 2. The lowest BCUT2D eigenvalue weighted by Gasteiger charge is -2.12. The summed E-state index contributed by atoms with van der Waals surface area (Å²) in [5.74, 6) is 0.911. The van der Waals surface area contributed by atoms with E-state index in [4.69, 9.17) is 9.47 Å². The van der Waals surface area contributed by atoms with E-state index in [9.17, 15) is 14.4 Å². The zero-order chi connectivity index (χ0) is 20.1. The van der Waals surface area contributed by atoms with Crippen LogP contribution in [0.25, 0.3) is 10.9 Å². The molecule has 8 nitrogen and oxygen atoms in total. The van der Waals surface area contributed by atoms with Gasteiger partial charge in [-0.25, -0.2) is 4.79 Å². The molecule has 0 spiro atoms. The van der Waals surface area contributed by atoms with E-state index in [2.05, 4.69) is 10.3 Å². The van der Waals surface area contributed by atoms with Crippen molar-refractivity contribution in [3.63, 3.8) is 0 Å². The predicted octanol–water partition coefficient (Wildman–Crippen LogP) is 1.94. The number of amides is 1. The zero-order valence-electron chi connectivity index (χ0n) is 16.4. The fourth-order valence-corrected chi connectivity index (χ4v) is 3.71. The topological polar surface area (TPSA) is 102 Å². The standard InChI is InChI=1S/C20H27N3O5/c1-27-16-11-14-15(12-17(16)28-2)22-20(26)23(19(14)25)10-6-5-9-18(24)21-13-7-3-4-8-13/h11-13H,3-10H2,1-2H3,(H,21,24)(H,22,26). The molecule has 1 aliphatic carbocycles. The van der Waals surface area contributed by atoms with Crippen LogP contribution in [-0.4, -0.2) is 35.7 Å². The smallest absolute Gasteiger partial charge is 0.328 e. The molecule has 0 saturated heterocycles. The summed E-state index contributed by atoms with van der Waals surface area (Å²) in [6.07, 6.45) is 6.06. The highest BCUT2D eigenvalue weighted by Crippen LogP contribution is 2.29. The van der Waals surface area contributed by atoms with Crippen molar-refractivity contribution in [1.29, 1.82) is 0 Å². The van der Waals surface area contributed by atoms with Gasteiger partial charge in [0, 0.05) is 25.1 Å². The lowest BCUT2D eigenvalue weighted by atomic mass is 10.2. The molecule has 1 heterocycles. The molecule has 8 heteroatoms. The SMILES string of the molecule is COc1cc2[nH]c(=O)n(CCCCC(=O)NC3CCCC3)c(=O)c2cc1OC. The first-order valence-electron chi connectivity index (χ1n) is 9.71. The van der Waals surface area contributed by atoms with Gasteiger partial charge in [0.15, 0.2) is 11.5 Å². The van der Waals surface area contributed by atoms with E-state index >= 15 is 0 Å². The number of rotatable bonds is 8. The first-order valence-corrected chi connectivity index (χ1v) is 9.71. The third kappa shape index (κ3) is 4.37. The van der Waals surface area contributed by atoms with E-state index in [0.717, 1.165) is 12.8 Å². The van der Waals surface area contributed by atoms with Crippen LogP contribution >= 0.6 is 0 Å². The molecule has 1 amide bonds. The van der Waals surface area contributed by atoms with Crippen LogP contribution in [0.2, 0.25) is 0 Å². The number of fused-ring (bicyclic) bond motifs is 1. The Morgan fingerprint density at radius 2 is 1.82 bits per heavy atom. The van der Waals surface area contributed by atoms with Crippen molar-refractivity contribution < 1.29 is 14.3 Å². The summed E-state index contributed by atoms with van der Waals surface area (Å²) in [6.45, 7) is 0.259. The van der Waals surface area contributed by atoms with E-state index in [1.165, 1.54) is 31.6 Å². The molecule has 0 unspecified atom stereocenters. The fraction of sp³-hybridized carbons (Fsp3) is 0.550. The summed E-state index contributed by atoms with van der Waals surface area (Å²) in [7, 11) is 2.98. The summed E-state index contributed by atoms with van der Waals surface area (Å²) < 4.78 is 11.6. The Labute approximate surface area is 162 Å². The number of nitrogens with one attached hydrogen (secondary N) is 2. The number of carbonyl (C=O) groups is 1. The Hall–Kier alpha value is -2.77. The van der Waals surface area contributed by atoms with E-state index in [-0.39, 0.29) is 18.0 Å². The number of unbranched alkanes of at least 4 members (excludes halogenated alkanes) is 1. The van der Waals surface area contributed by atoms with Gasteiger partial charge in [-0.3, -0.25) is 14.2 Å². The van der Waals surface area contributed by atoms with Crippen molar-refractivity contribution >= 4 is 16.8 Å². The van der Waals surface area contributed by atoms with E-state index < -0.39 is 5.69 Å². The Bertz CT molecular complexity index is 957. The number of benzene rings is 1. The highest BCUT2D eigenvalue weighted by atomic mass is 16.5. The molecule has 0 atom stereocenters. The van der Waals surface area contributed by atoms with Crippen LogP contribution in [0, 0.1) is 0 Å². The predicted molar refractivity (Wildman–Crippen MR) is 106 cm³/mol. The third-order valence-corrected chi connectivity index (χ3v) is 5.24. The van der Waals surface area contributed by atoms with Crippen molar-refractivity contribution in [2.24, 2.45) is 0 Å². The van der Waals surface area contributed by atoms with Crippen molar-refractivity contribution in [1.82, 2.24) is 14.9 Å². The second kappa shape index (κ2) is 8.95. The summed E-state index contributed by atoms with van der Waals surface area (Å²) in [5, 5.41) is 3.40. The van der Waals surface area contributed by atoms with Crippen LogP contribution in [0.5, 0.6) is 11.5 Å². The maximum absolute atomic E-state index is 12.7. The van der Waals surface area contributed by atoms with Gasteiger partial charge in [-0.15, -0.1) is 0 Å². The van der Waals surface area contributed by atoms with Crippen LogP contribution in [0.15, 0.2) is 21.7 Å². The molecule has 1 aromatic heterocycles. The number of hydrogen-bond acceptors (Lipinski definition) is 5. The van der Waals surface area contributed by atoms with Crippen molar-refractivity contribution in [3.8, 4) is 11.5 Å². The van der Waals surface area contributed by atoms with Crippen LogP contribution < -0.4 is 26.0 Å². The minimum atomic E-state index is -0.472. The number of hydrogen-bond donors (Lipinski definition) is 2. The number of ether oxygens (including phenoxy) is 2. The molecule has 1 saturated carbocycles. The van der Waals surface area contributed by atoms with Gasteiger partial charge in [0.25, 0.3) is 5.56 Å². The van der Waals surface area contributed by atoms with Gasteiger partial charge in [-0.2, -0.15) is 0 Å². The van der Waals surface area contributed by atoms with Gasteiger partial charge in [-0.05, 0) is 31.7 Å². The van der Waals surface area contributed by atoms with Gasteiger partial charge >= 0.3 is 5.69 Å². The Kier molecular flexibility index (Phi) is 6.38. The molecular formula is C20H27N3O5. The van der Waals surface area contributed by atoms with Crippen molar-refractivity contribution in [2.45, 2.75) is 57.5 Å². The third-order valence-electron chi connectivity index (χ3n) is 5.24. The molecule has 28 heavy (non-hydrogen) atoms. The number of nitrogens with zero attached hydrogens (tertiary/aromatic N) is 1. The molecule has 2 aromatic rings. The molecule has 1 aliphatic rings. The van der Waals surface area contributed by atoms with Crippen molar-refractivity contribution in [3.05, 3.63) is 33.0 Å². The molecule has 0 radical (unpaired) electrons. The van der Waals surface area contributed by atoms with Gasteiger partial charge in [-0.1, -0.05) is 12.8 Å². The van der Waals surface area contributed by atoms with E-state index in [0.29, 0.717) is 47.7 Å². The maximum atomic E-state index is 12.7. The molecular weight excluding hydrogens is 362 g/mol. The summed E-state index contributed by atoms with van der Waals surface area (Å²) in [6, 6.07) is 3.46. The first kappa shape index (κ1) is 20.0. The van der Waals surface area contributed by atoms with Gasteiger partial charge in [0.05, 0.1) is 25.1 Å². The highest BCUT2D eigenvalue weighted by molar-refractivity contribution is 5.81. The quantitative estimate of drug-likeness (QED) is 0.672.